The van der Waals surface area contributed by atoms with Gasteiger partial charge in [-0.25, -0.2) is 0 Å². The van der Waals surface area contributed by atoms with Crippen LogP contribution in [0.15, 0.2) is 12.2 Å². The maximum atomic E-state index is 12.7. The lowest BCUT2D eigenvalue weighted by molar-refractivity contribution is -0.170. The largest absolute Gasteiger partial charge is 0.381 e. The van der Waals surface area contributed by atoms with Gasteiger partial charge in [-0.2, -0.15) is 0 Å². The molecule has 2 heteroatoms. The van der Waals surface area contributed by atoms with E-state index in [0.717, 1.165) is 12.8 Å². The van der Waals surface area contributed by atoms with Gasteiger partial charge in [-0.1, -0.05) is 25.5 Å². The molecule has 5 atom stereocenters. The molecule has 0 radical (unpaired) electrons. The lowest BCUT2D eigenvalue weighted by Crippen LogP contribution is -2.59. The minimum absolute atomic E-state index is 0.132. The van der Waals surface area contributed by atoms with Crippen LogP contribution in [0.25, 0.3) is 0 Å². The molecule has 19 heavy (non-hydrogen) atoms. The second-order valence-corrected chi connectivity index (χ2v) is 7.99. The van der Waals surface area contributed by atoms with E-state index < -0.39 is 5.60 Å². The van der Waals surface area contributed by atoms with Gasteiger partial charge in [0.1, 0.15) is 5.60 Å². The summed E-state index contributed by atoms with van der Waals surface area (Å²) in [5.74, 6) is 0.576. The van der Waals surface area contributed by atoms with E-state index in [4.69, 9.17) is 0 Å². The lowest BCUT2D eigenvalue weighted by atomic mass is 9.50. The number of allylic oxidation sites excluding steroid dienone is 1. The van der Waals surface area contributed by atoms with E-state index in [0.29, 0.717) is 18.8 Å². The van der Waals surface area contributed by atoms with Crippen molar-refractivity contribution in [1.82, 2.24) is 0 Å². The number of carbonyl (C=O) groups is 1. The van der Waals surface area contributed by atoms with Gasteiger partial charge in [-0.3, -0.25) is 4.79 Å². The van der Waals surface area contributed by atoms with Gasteiger partial charge >= 0.3 is 0 Å². The second-order valence-electron chi connectivity index (χ2n) is 7.99. The zero-order chi connectivity index (χ0) is 13.7. The normalized spacial score (nSPS) is 58.5. The predicted octanol–water partition coefficient (Wildman–Crippen LogP) is 3.24. The number of rotatable bonds is 1. The van der Waals surface area contributed by atoms with E-state index in [1.807, 2.05) is 0 Å². The Morgan fingerprint density at radius 1 is 1.32 bits per heavy atom. The summed E-state index contributed by atoms with van der Waals surface area (Å²) in [6.07, 6.45) is 6.94. The maximum absolute atomic E-state index is 12.7. The summed E-state index contributed by atoms with van der Waals surface area (Å²) in [4.78, 5) is 12.7. The number of Topliss-reactive ketones (excluding diaryl/α,β-unsaturated/α-hetero) is 1. The highest BCUT2D eigenvalue weighted by Gasteiger charge is 2.83. The van der Waals surface area contributed by atoms with Gasteiger partial charge in [0.2, 0.25) is 0 Å². The minimum atomic E-state index is -1.04. The first-order valence-electron chi connectivity index (χ1n) is 7.74. The first-order valence-corrected chi connectivity index (χ1v) is 7.74. The van der Waals surface area contributed by atoms with Crippen LogP contribution in [0.4, 0.5) is 0 Å². The molecule has 0 aliphatic heterocycles. The first kappa shape index (κ1) is 12.1. The van der Waals surface area contributed by atoms with E-state index >= 15 is 0 Å². The van der Waals surface area contributed by atoms with Crippen molar-refractivity contribution < 1.29 is 9.90 Å². The highest BCUT2D eigenvalue weighted by Crippen LogP contribution is 2.84. The van der Waals surface area contributed by atoms with Crippen molar-refractivity contribution in [3.8, 4) is 0 Å². The van der Waals surface area contributed by atoms with E-state index in [2.05, 4.69) is 20.4 Å². The molecule has 4 aliphatic carbocycles. The molecule has 4 saturated carbocycles. The molecule has 0 aromatic rings. The Bertz CT molecular complexity index is 509. The van der Waals surface area contributed by atoms with Crippen LogP contribution in [0.1, 0.15) is 58.8 Å². The average molecular weight is 260 g/mol. The van der Waals surface area contributed by atoms with Crippen LogP contribution in [-0.2, 0) is 4.79 Å². The standard InChI is InChI=1S/C17H24O2/c1-11(2)12-9-14(3)16-6-4-5-15(12,16)10-13(18)17(14,19)8-7-16/h12,19H,1,4-10H2,2-3H3. The van der Waals surface area contributed by atoms with Crippen molar-refractivity contribution in [2.45, 2.75) is 64.4 Å². The fraction of sp³-hybridized carbons (Fsp3) is 0.824. The van der Waals surface area contributed by atoms with Crippen LogP contribution in [0.2, 0.25) is 0 Å². The Hall–Kier alpha value is -0.630. The van der Waals surface area contributed by atoms with Crippen molar-refractivity contribution >= 4 is 5.78 Å². The van der Waals surface area contributed by atoms with Crippen molar-refractivity contribution in [3.63, 3.8) is 0 Å². The lowest BCUT2D eigenvalue weighted by Gasteiger charge is -2.54. The molecule has 1 N–H and O–H groups in total. The van der Waals surface area contributed by atoms with Gasteiger partial charge < -0.3 is 5.11 Å². The van der Waals surface area contributed by atoms with Crippen molar-refractivity contribution in [2.24, 2.45) is 22.2 Å². The highest BCUT2D eigenvalue weighted by molar-refractivity contribution is 5.92. The quantitative estimate of drug-likeness (QED) is 0.735. The van der Waals surface area contributed by atoms with E-state index in [-0.39, 0.29) is 22.0 Å². The van der Waals surface area contributed by atoms with Crippen molar-refractivity contribution in [2.75, 3.05) is 0 Å². The Morgan fingerprint density at radius 3 is 2.74 bits per heavy atom. The molecule has 0 saturated heterocycles. The Labute approximate surface area is 115 Å². The summed E-state index contributed by atoms with van der Waals surface area (Å²) in [6.45, 7) is 8.55. The average Bonchev–Trinajstić information content (AvgIpc) is 2.83. The smallest absolute Gasteiger partial charge is 0.165 e. The molecule has 0 aromatic heterocycles. The summed E-state index contributed by atoms with van der Waals surface area (Å²) in [6, 6.07) is 0. The van der Waals surface area contributed by atoms with Gasteiger partial charge in [-0.05, 0) is 55.8 Å². The molecule has 0 aromatic carbocycles. The SMILES string of the molecule is C=C(C)C1CC2(C)C3(O)CCC24CCCC14CC3=O. The summed E-state index contributed by atoms with van der Waals surface area (Å²) in [5, 5.41) is 11.1. The fourth-order valence-electron chi connectivity index (χ4n) is 7.12. The molecule has 2 nitrogen and oxygen atoms in total. The van der Waals surface area contributed by atoms with Gasteiger partial charge in [0.15, 0.2) is 5.78 Å². The van der Waals surface area contributed by atoms with Crippen LogP contribution in [0, 0.1) is 22.2 Å². The summed E-state index contributed by atoms with van der Waals surface area (Å²) in [7, 11) is 0. The van der Waals surface area contributed by atoms with E-state index in [1.54, 1.807) is 0 Å². The molecule has 4 bridgehead atoms. The van der Waals surface area contributed by atoms with E-state index in [1.165, 1.54) is 24.8 Å². The third-order valence-corrected chi connectivity index (χ3v) is 7.87. The molecule has 104 valence electrons. The topological polar surface area (TPSA) is 37.3 Å². The number of hydrogen-bond acceptors (Lipinski definition) is 2. The van der Waals surface area contributed by atoms with Crippen molar-refractivity contribution in [1.29, 1.82) is 0 Å². The summed E-state index contributed by atoms with van der Waals surface area (Å²) in [5.41, 5.74) is 0.342. The van der Waals surface area contributed by atoms with Crippen LogP contribution in [-0.4, -0.2) is 16.5 Å². The first-order chi connectivity index (χ1) is 8.83. The Kier molecular flexibility index (Phi) is 1.92. The Balaban J connectivity index is 2.01. The van der Waals surface area contributed by atoms with Gasteiger partial charge in [-0.15, -0.1) is 0 Å². The summed E-state index contributed by atoms with van der Waals surface area (Å²) >= 11 is 0. The third-order valence-electron chi connectivity index (χ3n) is 7.87. The molecule has 1 spiro atoms. The number of hydrogen-bond donors (Lipinski definition) is 1. The molecular formula is C17H24O2. The molecular weight excluding hydrogens is 236 g/mol. The van der Waals surface area contributed by atoms with Gasteiger partial charge in [0.25, 0.3) is 0 Å². The minimum Gasteiger partial charge on any atom is -0.381 e. The van der Waals surface area contributed by atoms with Crippen LogP contribution in [0.3, 0.4) is 0 Å². The zero-order valence-electron chi connectivity index (χ0n) is 12.1. The highest BCUT2D eigenvalue weighted by atomic mass is 16.3. The van der Waals surface area contributed by atoms with E-state index in [9.17, 15) is 9.90 Å². The number of ketones is 1. The number of aliphatic hydroxyl groups is 1. The maximum Gasteiger partial charge on any atom is 0.165 e. The van der Waals surface area contributed by atoms with Crippen LogP contribution < -0.4 is 0 Å². The number of carbonyl (C=O) groups excluding carboxylic acids is 1. The Morgan fingerprint density at radius 2 is 2.05 bits per heavy atom. The third kappa shape index (κ3) is 0.904. The van der Waals surface area contributed by atoms with Crippen molar-refractivity contribution in [3.05, 3.63) is 12.2 Å². The van der Waals surface area contributed by atoms with Crippen LogP contribution >= 0.6 is 0 Å². The zero-order valence-corrected chi connectivity index (χ0v) is 12.1. The monoisotopic (exact) mass is 260 g/mol. The molecule has 5 unspecified atom stereocenters. The molecule has 4 aliphatic rings. The molecule has 0 heterocycles. The molecule has 0 amide bonds. The second kappa shape index (κ2) is 3.00. The fourth-order valence-corrected chi connectivity index (χ4v) is 7.12. The van der Waals surface area contributed by atoms with Gasteiger partial charge in [0.05, 0.1) is 0 Å². The predicted molar refractivity (Wildman–Crippen MR) is 73.6 cm³/mol. The van der Waals surface area contributed by atoms with Gasteiger partial charge in [0, 0.05) is 11.8 Å². The van der Waals surface area contributed by atoms with Crippen LogP contribution in [0.5, 0.6) is 0 Å². The molecule has 4 rings (SSSR count). The molecule has 4 fully saturated rings. The summed E-state index contributed by atoms with van der Waals surface area (Å²) < 4.78 is 0.